The summed E-state index contributed by atoms with van der Waals surface area (Å²) in [5.41, 5.74) is 4.57. The van der Waals surface area contributed by atoms with E-state index in [9.17, 15) is 0 Å². The van der Waals surface area contributed by atoms with Gasteiger partial charge in [-0.1, -0.05) is 6.07 Å². The summed E-state index contributed by atoms with van der Waals surface area (Å²) in [5.74, 6) is 0. The number of fused-ring (bicyclic) bond motifs is 1. The Bertz CT molecular complexity index is 486. The predicted octanol–water partition coefficient (Wildman–Crippen LogP) is 1.35. The molecule has 4 heteroatoms. The Morgan fingerprint density at radius 1 is 1.31 bits per heavy atom. The van der Waals surface area contributed by atoms with E-state index >= 15 is 0 Å². The van der Waals surface area contributed by atoms with Gasteiger partial charge in [0.2, 0.25) is 0 Å². The van der Waals surface area contributed by atoms with E-state index < -0.39 is 0 Å². The van der Waals surface area contributed by atoms with Gasteiger partial charge in [-0.3, -0.25) is 4.98 Å². The maximum atomic E-state index is 4.39. The van der Waals surface area contributed by atoms with Crippen LogP contribution in [-0.2, 0) is 6.42 Å². The third-order valence-corrected chi connectivity index (χ3v) is 3.02. The highest BCUT2D eigenvalue weighted by Gasteiger charge is 2.23. The third kappa shape index (κ3) is 1.51. The molecular weight excluding hydrogens is 200 g/mol. The lowest BCUT2D eigenvalue weighted by Crippen LogP contribution is -2.30. The Hall–Kier alpha value is -1.68. The molecule has 3 rings (SSSR count). The second kappa shape index (κ2) is 3.72. The SMILES string of the molecule is Cc1ccc(C2NCCc3[nH]cnc32)cn1. The summed E-state index contributed by atoms with van der Waals surface area (Å²) in [4.78, 5) is 11.9. The Morgan fingerprint density at radius 3 is 3.06 bits per heavy atom. The van der Waals surface area contributed by atoms with E-state index in [0.29, 0.717) is 0 Å². The number of rotatable bonds is 1. The van der Waals surface area contributed by atoms with E-state index in [2.05, 4.69) is 26.3 Å². The van der Waals surface area contributed by atoms with Gasteiger partial charge >= 0.3 is 0 Å². The van der Waals surface area contributed by atoms with E-state index in [1.807, 2.05) is 19.2 Å². The number of aromatic nitrogens is 3. The number of hydrogen-bond acceptors (Lipinski definition) is 3. The van der Waals surface area contributed by atoms with Gasteiger partial charge in [-0.05, 0) is 18.6 Å². The highest BCUT2D eigenvalue weighted by Crippen LogP contribution is 2.25. The van der Waals surface area contributed by atoms with Crippen molar-refractivity contribution in [2.45, 2.75) is 19.4 Å². The van der Waals surface area contributed by atoms with Crippen LogP contribution in [0.1, 0.15) is 28.7 Å². The molecule has 0 amide bonds. The van der Waals surface area contributed by atoms with Crippen molar-refractivity contribution < 1.29 is 0 Å². The molecule has 16 heavy (non-hydrogen) atoms. The molecule has 2 aromatic rings. The smallest absolute Gasteiger partial charge is 0.0926 e. The number of H-pyrrole nitrogens is 1. The van der Waals surface area contributed by atoms with Crippen molar-refractivity contribution in [3.8, 4) is 0 Å². The first kappa shape index (κ1) is 9.54. The maximum Gasteiger partial charge on any atom is 0.0926 e. The van der Waals surface area contributed by atoms with E-state index in [-0.39, 0.29) is 6.04 Å². The molecule has 0 saturated heterocycles. The van der Waals surface area contributed by atoms with Gasteiger partial charge in [0.05, 0.1) is 18.1 Å². The molecule has 0 radical (unpaired) electrons. The average Bonchev–Trinajstić information content (AvgIpc) is 2.78. The van der Waals surface area contributed by atoms with Crippen molar-refractivity contribution in [2.75, 3.05) is 6.54 Å². The van der Waals surface area contributed by atoms with Crippen LogP contribution in [0.2, 0.25) is 0 Å². The van der Waals surface area contributed by atoms with Gasteiger partial charge in [0.1, 0.15) is 0 Å². The molecule has 0 aromatic carbocycles. The van der Waals surface area contributed by atoms with Crippen LogP contribution >= 0.6 is 0 Å². The van der Waals surface area contributed by atoms with Crippen LogP contribution in [0.4, 0.5) is 0 Å². The lowest BCUT2D eigenvalue weighted by molar-refractivity contribution is 0.552. The molecule has 1 atom stereocenters. The summed E-state index contributed by atoms with van der Waals surface area (Å²) in [6, 6.07) is 4.34. The topological polar surface area (TPSA) is 53.6 Å². The van der Waals surface area contributed by atoms with Crippen LogP contribution in [0.5, 0.6) is 0 Å². The average molecular weight is 214 g/mol. The van der Waals surface area contributed by atoms with E-state index in [0.717, 1.165) is 24.4 Å². The van der Waals surface area contributed by atoms with Crippen molar-refractivity contribution in [1.82, 2.24) is 20.3 Å². The first-order chi connectivity index (χ1) is 7.84. The van der Waals surface area contributed by atoms with Gasteiger partial charge in [0, 0.05) is 30.6 Å². The van der Waals surface area contributed by atoms with E-state index in [4.69, 9.17) is 0 Å². The summed E-state index contributed by atoms with van der Waals surface area (Å²) >= 11 is 0. The summed E-state index contributed by atoms with van der Waals surface area (Å²) in [6.07, 6.45) is 4.72. The molecular formula is C12H14N4. The minimum Gasteiger partial charge on any atom is -0.348 e. The van der Waals surface area contributed by atoms with Crippen molar-refractivity contribution >= 4 is 0 Å². The molecule has 2 aromatic heterocycles. The van der Waals surface area contributed by atoms with Crippen LogP contribution < -0.4 is 5.32 Å². The van der Waals surface area contributed by atoms with Crippen LogP contribution in [0, 0.1) is 6.92 Å². The molecule has 2 N–H and O–H groups in total. The molecule has 0 aliphatic carbocycles. The summed E-state index contributed by atoms with van der Waals surface area (Å²) in [7, 11) is 0. The van der Waals surface area contributed by atoms with E-state index in [1.165, 1.54) is 11.3 Å². The third-order valence-electron chi connectivity index (χ3n) is 3.02. The number of imidazole rings is 1. The van der Waals surface area contributed by atoms with Gasteiger partial charge < -0.3 is 10.3 Å². The second-order valence-electron chi connectivity index (χ2n) is 4.14. The Kier molecular flexibility index (Phi) is 2.22. The number of aryl methyl sites for hydroxylation is 1. The van der Waals surface area contributed by atoms with Gasteiger partial charge in [0.15, 0.2) is 0 Å². The monoisotopic (exact) mass is 214 g/mol. The first-order valence-corrected chi connectivity index (χ1v) is 5.52. The number of aromatic amines is 1. The fourth-order valence-corrected chi connectivity index (χ4v) is 2.14. The van der Waals surface area contributed by atoms with Gasteiger partial charge in [-0.2, -0.15) is 0 Å². The molecule has 0 bridgehead atoms. The van der Waals surface area contributed by atoms with Gasteiger partial charge in [0.25, 0.3) is 0 Å². The van der Waals surface area contributed by atoms with E-state index in [1.54, 1.807) is 6.33 Å². The molecule has 0 saturated carbocycles. The minimum atomic E-state index is 0.183. The minimum absolute atomic E-state index is 0.183. The van der Waals surface area contributed by atoms with Crippen LogP contribution in [-0.4, -0.2) is 21.5 Å². The molecule has 1 aliphatic heterocycles. The predicted molar refractivity (Wildman–Crippen MR) is 61.1 cm³/mol. The molecule has 1 unspecified atom stereocenters. The van der Waals surface area contributed by atoms with Crippen molar-refractivity contribution in [3.05, 3.63) is 47.3 Å². The van der Waals surface area contributed by atoms with Crippen LogP contribution in [0.25, 0.3) is 0 Å². The Labute approximate surface area is 94.1 Å². The van der Waals surface area contributed by atoms with Gasteiger partial charge in [-0.25, -0.2) is 4.98 Å². The first-order valence-electron chi connectivity index (χ1n) is 5.52. The number of hydrogen-bond donors (Lipinski definition) is 2. The fourth-order valence-electron chi connectivity index (χ4n) is 2.14. The lowest BCUT2D eigenvalue weighted by Gasteiger charge is -2.23. The zero-order valence-corrected chi connectivity index (χ0v) is 9.20. The number of nitrogens with zero attached hydrogens (tertiary/aromatic N) is 2. The summed E-state index contributed by atoms with van der Waals surface area (Å²) in [6.45, 7) is 2.98. The second-order valence-corrected chi connectivity index (χ2v) is 4.14. The van der Waals surface area contributed by atoms with Crippen LogP contribution in [0.3, 0.4) is 0 Å². The number of nitrogens with one attached hydrogen (secondary N) is 2. The standard InChI is InChI=1S/C12H14N4/c1-8-2-3-9(6-14-8)11-12-10(4-5-13-11)15-7-16-12/h2-3,6-7,11,13H,4-5H2,1H3,(H,15,16). The summed E-state index contributed by atoms with van der Waals surface area (Å²) in [5, 5.41) is 3.47. The molecule has 82 valence electrons. The zero-order valence-electron chi connectivity index (χ0n) is 9.20. The summed E-state index contributed by atoms with van der Waals surface area (Å²) < 4.78 is 0. The largest absolute Gasteiger partial charge is 0.348 e. The van der Waals surface area contributed by atoms with Crippen molar-refractivity contribution in [2.24, 2.45) is 0 Å². The van der Waals surface area contributed by atoms with Crippen molar-refractivity contribution in [1.29, 1.82) is 0 Å². The highest BCUT2D eigenvalue weighted by atomic mass is 15.0. The zero-order chi connectivity index (χ0) is 11.0. The molecule has 0 spiro atoms. The Morgan fingerprint density at radius 2 is 2.25 bits per heavy atom. The molecule has 1 aliphatic rings. The Balaban J connectivity index is 2.00. The lowest BCUT2D eigenvalue weighted by atomic mass is 9.99. The van der Waals surface area contributed by atoms with Crippen molar-refractivity contribution in [3.63, 3.8) is 0 Å². The normalized spacial score (nSPS) is 19.4. The molecule has 3 heterocycles. The fraction of sp³-hybridized carbons (Fsp3) is 0.333. The maximum absolute atomic E-state index is 4.39. The quantitative estimate of drug-likeness (QED) is 0.753. The highest BCUT2D eigenvalue weighted by molar-refractivity contribution is 5.31. The molecule has 0 fully saturated rings. The molecule has 4 nitrogen and oxygen atoms in total. The van der Waals surface area contributed by atoms with Gasteiger partial charge in [-0.15, -0.1) is 0 Å². The number of pyridine rings is 1. The van der Waals surface area contributed by atoms with Crippen LogP contribution in [0.15, 0.2) is 24.7 Å².